The first-order valence-corrected chi connectivity index (χ1v) is 17.3. The molecule has 3 atom stereocenters. The van der Waals surface area contributed by atoms with Crippen LogP contribution in [0.5, 0.6) is 0 Å². The molecule has 0 amide bonds. The quantitative estimate of drug-likeness (QED) is 0.188. The van der Waals surface area contributed by atoms with Crippen molar-refractivity contribution in [1.82, 2.24) is 4.57 Å². The summed E-state index contributed by atoms with van der Waals surface area (Å²) in [6.07, 6.45) is 15.0. The Morgan fingerprint density at radius 3 is 2.37 bits per heavy atom. The standard InChI is InChI=1S/C46H35N5/c1-4-9-36-30(2)50(42-12-7-5-10-38(36)42)35-18-15-32(16-19-35)33-17-21-37(34(25-33)28-48)39-11-6-8-13-43(39)51-44-22-23-46(3,29-49)26-41(44)40-20-14-31(27-47)24-45(40)51/h4-25,40,45H,26H2,1-3H3/b9-4-/t40?,45?,46-/m0/s1. The average molecular weight is 658 g/mol. The van der Waals surface area contributed by atoms with Gasteiger partial charge in [-0.1, -0.05) is 85.0 Å². The van der Waals surface area contributed by atoms with Crippen molar-refractivity contribution < 1.29 is 0 Å². The maximum atomic E-state index is 10.5. The second-order valence-electron chi connectivity index (χ2n) is 13.7. The first-order chi connectivity index (χ1) is 24.9. The molecule has 0 radical (unpaired) electrons. The summed E-state index contributed by atoms with van der Waals surface area (Å²) < 4.78 is 2.30. The molecular formula is C46H35N5. The molecule has 3 aliphatic rings. The Bertz CT molecular complexity index is 2530. The smallest absolute Gasteiger partial charge is 0.0998 e. The highest BCUT2D eigenvalue weighted by Gasteiger charge is 2.44. The molecule has 1 aromatic heterocycles. The summed E-state index contributed by atoms with van der Waals surface area (Å²) in [7, 11) is 0. The third kappa shape index (κ3) is 5.13. The van der Waals surface area contributed by atoms with Crippen molar-refractivity contribution in [3.8, 4) is 46.1 Å². The number of hydrogen-bond acceptors (Lipinski definition) is 4. The van der Waals surface area contributed by atoms with Crippen LogP contribution in [0.4, 0.5) is 5.69 Å². The number of fused-ring (bicyclic) bond motifs is 3. The van der Waals surface area contributed by atoms with E-state index in [0.29, 0.717) is 17.6 Å². The summed E-state index contributed by atoms with van der Waals surface area (Å²) in [6.45, 7) is 6.18. The van der Waals surface area contributed by atoms with Crippen LogP contribution in [0.2, 0.25) is 0 Å². The average Bonchev–Trinajstić information content (AvgIpc) is 3.64. The lowest BCUT2D eigenvalue weighted by atomic mass is 9.76. The number of para-hydroxylation sites is 2. The molecule has 2 aliphatic carbocycles. The van der Waals surface area contributed by atoms with Gasteiger partial charge >= 0.3 is 0 Å². The SMILES string of the molecule is C/C=C\c1c(C)n(-c2ccc(-c3ccc(-c4ccccc4N4C5=C(C[C@@](C)(C#N)C=C5)C5C=CC(C#N)=CC54)c(C#N)c3)cc2)c2ccccc12. The van der Waals surface area contributed by atoms with E-state index in [1.54, 1.807) is 0 Å². The van der Waals surface area contributed by atoms with Crippen LogP contribution in [0.15, 0.2) is 144 Å². The van der Waals surface area contributed by atoms with Crippen LogP contribution in [-0.2, 0) is 0 Å². The zero-order chi connectivity index (χ0) is 35.3. The van der Waals surface area contributed by atoms with Gasteiger partial charge in [0.2, 0.25) is 0 Å². The van der Waals surface area contributed by atoms with Gasteiger partial charge in [-0.05, 0) is 92.5 Å². The van der Waals surface area contributed by atoms with Gasteiger partial charge in [-0.15, -0.1) is 0 Å². The Labute approximate surface area is 298 Å². The molecule has 5 heteroatoms. The van der Waals surface area contributed by atoms with Gasteiger partial charge in [-0.3, -0.25) is 0 Å². The highest BCUT2D eigenvalue weighted by atomic mass is 15.2. The maximum absolute atomic E-state index is 10.5. The molecule has 0 fully saturated rings. The van der Waals surface area contributed by atoms with Crippen LogP contribution < -0.4 is 4.90 Å². The molecule has 2 unspecified atom stereocenters. The van der Waals surface area contributed by atoms with E-state index in [1.165, 1.54) is 27.7 Å². The summed E-state index contributed by atoms with van der Waals surface area (Å²) in [6, 6.07) is 38.6. The lowest BCUT2D eigenvalue weighted by molar-refractivity contribution is 0.522. The van der Waals surface area contributed by atoms with Gasteiger partial charge in [0.05, 0.1) is 40.7 Å². The molecule has 1 aliphatic heterocycles. The molecule has 0 saturated carbocycles. The summed E-state index contributed by atoms with van der Waals surface area (Å²) in [5.74, 6) is 0.0478. The number of aromatic nitrogens is 1. The Morgan fingerprint density at radius 1 is 0.843 bits per heavy atom. The molecule has 0 saturated heterocycles. The van der Waals surface area contributed by atoms with Crippen LogP contribution in [0.3, 0.4) is 0 Å². The fourth-order valence-corrected chi connectivity index (χ4v) is 8.13. The Hall–Kier alpha value is -6.61. The molecule has 8 rings (SSSR count). The lowest BCUT2D eigenvalue weighted by Crippen LogP contribution is -2.33. The minimum atomic E-state index is -0.586. The minimum absolute atomic E-state index is 0.0478. The van der Waals surface area contributed by atoms with E-state index in [0.717, 1.165) is 39.3 Å². The fourth-order valence-electron chi connectivity index (χ4n) is 8.13. The van der Waals surface area contributed by atoms with Crippen LogP contribution in [0, 0.1) is 52.2 Å². The second-order valence-corrected chi connectivity index (χ2v) is 13.7. The van der Waals surface area contributed by atoms with Gasteiger partial charge in [0, 0.05) is 56.3 Å². The zero-order valence-electron chi connectivity index (χ0n) is 28.8. The predicted molar refractivity (Wildman–Crippen MR) is 205 cm³/mol. The van der Waals surface area contributed by atoms with Crippen LogP contribution in [-0.4, -0.2) is 10.6 Å². The molecule has 5 nitrogen and oxygen atoms in total. The summed E-state index contributed by atoms with van der Waals surface area (Å²) >= 11 is 0. The van der Waals surface area contributed by atoms with Crippen molar-refractivity contribution in [3.63, 3.8) is 0 Å². The van der Waals surface area contributed by atoms with Gasteiger partial charge in [0.25, 0.3) is 0 Å². The van der Waals surface area contributed by atoms with Gasteiger partial charge < -0.3 is 9.47 Å². The van der Waals surface area contributed by atoms with Crippen LogP contribution in [0.1, 0.15) is 37.1 Å². The Balaban J connectivity index is 1.18. The second kappa shape index (κ2) is 12.4. The summed E-state index contributed by atoms with van der Waals surface area (Å²) in [5.41, 5.74) is 12.3. The highest BCUT2D eigenvalue weighted by molar-refractivity contribution is 5.93. The van der Waals surface area contributed by atoms with Gasteiger partial charge in [-0.2, -0.15) is 15.8 Å². The topological polar surface area (TPSA) is 79.5 Å². The molecule has 2 heterocycles. The monoisotopic (exact) mass is 657 g/mol. The normalized spacial score (nSPS) is 20.5. The van der Waals surface area contributed by atoms with E-state index in [-0.39, 0.29) is 12.0 Å². The highest BCUT2D eigenvalue weighted by Crippen LogP contribution is 2.51. The zero-order valence-corrected chi connectivity index (χ0v) is 28.8. The van der Waals surface area contributed by atoms with E-state index in [9.17, 15) is 15.8 Å². The van der Waals surface area contributed by atoms with Gasteiger partial charge in [0.15, 0.2) is 0 Å². The first kappa shape index (κ1) is 31.6. The lowest BCUT2D eigenvalue weighted by Gasteiger charge is -2.32. The van der Waals surface area contributed by atoms with Crippen molar-refractivity contribution in [2.45, 2.75) is 33.2 Å². The molecule has 4 aromatic carbocycles. The third-order valence-corrected chi connectivity index (χ3v) is 10.6. The largest absolute Gasteiger partial charge is 0.333 e. The van der Waals surface area contributed by atoms with E-state index in [4.69, 9.17) is 0 Å². The molecular weight excluding hydrogens is 623 g/mol. The summed E-state index contributed by atoms with van der Waals surface area (Å²) in [5, 5.41) is 31.5. The number of rotatable bonds is 5. The predicted octanol–water partition coefficient (Wildman–Crippen LogP) is 10.7. The van der Waals surface area contributed by atoms with Crippen LogP contribution >= 0.6 is 0 Å². The van der Waals surface area contributed by atoms with E-state index >= 15 is 0 Å². The van der Waals surface area contributed by atoms with Crippen molar-refractivity contribution >= 4 is 22.7 Å². The Morgan fingerprint density at radius 2 is 1.61 bits per heavy atom. The fraction of sp³-hybridized carbons (Fsp3) is 0.152. The first-order valence-electron chi connectivity index (χ1n) is 17.3. The number of hydrogen-bond donors (Lipinski definition) is 0. The molecule has 0 N–H and O–H groups in total. The molecule has 51 heavy (non-hydrogen) atoms. The van der Waals surface area contributed by atoms with Crippen molar-refractivity contribution in [2.75, 3.05) is 4.90 Å². The number of allylic oxidation sites excluding steroid dienone is 5. The molecule has 244 valence electrons. The van der Waals surface area contributed by atoms with Gasteiger partial charge in [0.1, 0.15) is 0 Å². The minimum Gasteiger partial charge on any atom is -0.333 e. The van der Waals surface area contributed by atoms with Crippen molar-refractivity contribution in [1.29, 1.82) is 15.8 Å². The molecule has 5 aromatic rings. The van der Waals surface area contributed by atoms with Gasteiger partial charge in [-0.25, -0.2) is 0 Å². The number of anilines is 1. The van der Waals surface area contributed by atoms with Crippen LogP contribution in [0.25, 0.3) is 44.9 Å². The van der Waals surface area contributed by atoms with E-state index in [2.05, 4.69) is 132 Å². The number of nitrogens with zero attached hydrogens (tertiary/aromatic N) is 5. The molecule has 0 spiro atoms. The number of nitriles is 3. The van der Waals surface area contributed by atoms with Crippen molar-refractivity contribution in [3.05, 3.63) is 161 Å². The van der Waals surface area contributed by atoms with E-state index < -0.39 is 5.41 Å². The molecule has 0 bridgehead atoms. The van der Waals surface area contributed by atoms with E-state index in [1.807, 2.05) is 50.3 Å². The number of benzene rings is 4. The third-order valence-electron chi connectivity index (χ3n) is 10.6. The summed E-state index contributed by atoms with van der Waals surface area (Å²) in [4.78, 5) is 2.30. The van der Waals surface area contributed by atoms with Crippen molar-refractivity contribution in [2.24, 2.45) is 11.3 Å². The Kier molecular flexibility index (Phi) is 7.68. The maximum Gasteiger partial charge on any atom is 0.0998 e.